The van der Waals surface area contributed by atoms with E-state index in [1.54, 1.807) is 0 Å². The molecular weight excluding hydrogens is 578 g/mol. The molecule has 1 saturated carbocycles. The molecule has 2 aromatic carbocycles. The molecule has 1 saturated heterocycles. The van der Waals surface area contributed by atoms with Crippen molar-refractivity contribution in [2.45, 2.75) is 66.2 Å². The Bertz CT molecular complexity index is 966. The fraction of sp³-hybridized carbons (Fsp3) is 0.538. The summed E-state index contributed by atoms with van der Waals surface area (Å²) < 4.78 is 44.1. The summed E-state index contributed by atoms with van der Waals surface area (Å²) in [6.45, 7) is 3.92. The van der Waals surface area contributed by atoms with Crippen LogP contribution in [0.4, 0.5) is 13.2 Å². The lowest BCUT2D eigenvalue weighted by molar-refractivity contribution is -0.137. The SMILES string of the molecule is C[C@@H]1CC[C@@](I)(COc2ccc(C(F)(F)F)cc2)CN1C[C@@H](O)C1(c2ccc(Cl)cc2)CCC1. The van der Waals surface area contributed by atoms with Crippen LogP contribution in [0, 0.1) is 0 Å². The van der Waals surface area contributed by atoms with Gasteiger partial charge in [-0.15, -0.1) is 0 Å². The van der Waals surface area contributed by atoms with Gasteiger partial charge >= 0.3 is 6.18 Å². The highest BCUT2D eigenvalue weighted by Gasteiger charge is 2.47. The number of piperidine rings is 1. The quantitative estimate of drug-likeness (QED) is 0.275. The Hall–Kier alpha value is -1.03. The lowest BCUT2D eigenvalue weighted by Crippen LogP contribution is -2.57. The second-order valence-electron chi connectivity index (χ2n) is 9.81. The number of aliphatic hydroxyl groups excluding tert-OH is 1. The molecule has 1 aliphatic carbocycles. The van der Waals surface area contributed by atoms with Crippen LogP contribution in [0.2, 0.25) is 5.02 Å². The van der Waals surface area contributed by atoms with Crippen molar-refractivity contribution in [3.8, 4) is 5.75 Å². The smallest absolute Gasteiger partial charge is 0.416 e. The van der Waals surface area contributed by atoms with Gasteiger partial charge in [0.1, 0.15) is 12.4 Å². The van der Waals surface area contributed by atoms with Crippen molar-refractivity contribution in [1.82, 2.24) is 4.90 Å². The van der Waals surface area contributed by atoms with Crippen molar-refractivity contribution in [2.75, 3.05) is 19.7 Å². The normalized spacial score (nSPS) is 26.0. The van der Waals surface area contributed by atoms with Crippen LogP contribution < -0.4 is 4.74 Å². The number of likely N-dealkylation sites (tertiary alicyclic amines) is 1. The molecule has 0 amide bonds. The largest absolute Gasteiger partial charge is 0.492 e. The molecule has 1 aliphatic heterocycles. The highest BCUT2D eigenvalue weighted by Crippen LogP contribution is 2.47. The van der Waals surface area contributed by atoms with E-state index in [4.69, 9.17) is 16.3 Å². The summed E-state index contributed by atoms with van der Waals surface area (Å²) in [6, 6.07) is 13.0. The van der Waals surface area contributed by atoms with E-state index in [0.717, 1.165) is 56.3 Å². The van der Waals surface area contributed by atoms with E-state index in [2.05, 4.69) is 34.4 Å². The standard InChI is InChI=1S/C26H30ClF3INO2/c1-18-11-14-24(31,17-34-22-9-5-20(6-10-22)26(28,29)30)16-32(18)15-23(33)25(12-2-13-25)19-3-7-21(27)8-4-19/h3-10,18,23,33H,2,11-17H2,1H3/t18-,23-,24+/m1/s1. The lowest BCUT2D eigenvalue weighted by Gasteiger charge is -2.50. The molecule has 1 N–H and O–H groups in total. The zero-order chi connectivity index (χ0) is 24.6. The van der Waals surface area contributed by atoms with Crippen molar-refractivity contribution >= 4 is 34.2 Å². The number of halogens is 5. The number of benzene rings is 2. The van der Waals surface area contributed by atoms with Crippen LogP contribution in [0.5, 0.6) is 5.75 Å². The maximum atomic E-state index is 12.8. The number of β-amino-alcohol motifs (C(OH)–C–C–N with tert-alkyl or cyclic N) is 1. The van der Waals surface area contributed by atoms with Crippen molar-refractivity contribution in [3.63, 3.8) is 0 Å². The summed E-state index contributed by atoms with van der Waals surface area (Å²) in [5, 5.41) is 12.1. The van der Waals surface area contributed by atoms with Gasteiger partial charge in [0.15, 0.2) is 0 Å². The van der Waals surface area contributed by atoms with Gasteiger partial charge in [0.2, 0.25) is 0 Å². The number of aliphatic hydroxyl groups is 1. The molecule has 4 rings (SSSR count). The zero-order valence-corrected chi connectivity index (χ0v) is 22.0. The minimum absolute atomic E-state index is 0.181. The van der Waals surface area contributed by atoms with E-state index in [-0.39, 0.29) is 8.84 Å². The molecule has 8 heteroatoms. The molecule has 1 heterocycles. The third-order valence-corrected chi connectivity index (χ3v) is 8.95. The third kappa shape index (κ3) is 5.68. The highest BCUT2D eigenvalue weighted by atomic mass is 127. The molecule has 34 heavy (non-hydrogen) atoms. The fourth-order valence-corrected chi connectivity index (χ4v) is 6.15. The number of hydrogen-bond donors (Lipinski definition) is 1. The molecule has 3 nitrogen and oxygen atoms in total. The first-order chi connectivity index (χ1) is 16.0. The number of alkyl halides is 4. The van der Waals surface area contributed by atoms with Gasteiger partial charge in [-0.25, -0.2) is 0 Å². The summed E-state index contributed by atoms with van der Waals surface area (Å²) in [5.74, 6) is 0.436. The van der Waals surface area contributed by atoms with E-state index in [1.807, 2.05) is 24.3 Å². The second-order valence-corrected chi connectivity index (χ2v) is 12.5. The van der Waals surface area contributed by atoms with Crippen molar-refractivity contribution in [3.05, 3.63) is 64.7 Å². The second kappa shape index (κ2) is 10.1. The van der Waals surface area contributed by atoms with Crippen LogP contribution in [0.25, 0.3) is 0 Å². The Labute approximate surface area is 217 Å². The molecule has 0 unspecified atom stereocenters. The average Bonchev–Trinajstić information content (AvgIpc) is 2.75. The predicted octanol–water partition coefficient (Wildman–Crippen LogP) is 6.88. The summed E-state index contributed by atoms with van der Waals surface area (Å²) in [5.41, 5.74) is 0.236. The number of ether oxygens (including phenoxy) is 1. The van der Waals surface area contributed by atoms with Gasteiger partial charge < -0.3 is 9.84 Å². The summed E-state index contributed by atoms with van der Waals surface area (Å²) in [6.07, 6.45) is 0.110. The molecular formula is C26H30ClF3INO2. The van der Waals surface area contributed by atoms with Crippen LogP contribution in [-0.4, -0.2) is 45.3 Å². The minimum atomic E-state index is -4.35. The van der Waals surface area contributed by atoms with Crippen molar-refractivity contribution < 1.29 is 23.0 Å². The Morgan fingerprint density at radius 1 is 1.12 bits per heavy atom. The van der Waals surface area contributed by atoms with Gasteiger partial charge in [-0.1, -0.05) is 52.7 Å². The first-order valence-corrected chi connectivity index (χ1v) is 13.1. The van der Waals surface area contributed by atoms with Gasteiger partial charge in [0, 0.05) is 29.6 Å². The molecule has 2 aliphatic rings. The van der Waals surface area contributed by atoms with Crippen LogP contribution in [0.3, 0.4) is 0 Å². The molecule has 0 aromatic heterocycles. The van der Waals surface area contributed by atoms with E-state index in [1.165, 1.54) is 12.1 Å². The lowest BCUT2D eigenvalue weighted by atomic mass is 9.61. The Kier molecular flexibility index (Phi) is 7.77. The first kappa shape index (κ1) is 26.0. The van der Waals surface area contributed by atoms with Gasteiger partial charge in [-0.2, -0.15) is 13.2 Å². The van der Waals surface area contributed by atoms with Crippen molar-refractivity contribution in [2.24, 2.45) is 0 Å². The molecule has 0 radical (unpaired) electrons. The van der Waals surface area contributed by atoms with E-state index < -0.39 is 17.8 Å². The van der Waals surface area contributed by atoms with Gasteiger partial charge in [0.05, 0.1) is 15.1 Å². The maximum absolute atomic E-state index is 12.8. The average molecular weight is 608 g/mol. The molecule has 3 atom stereocenters. The topological polar surface area (TPSA) is 32.7 Å². The number of nitrogens with zero attached hydrogens (tertiary/aromatic N) is 1. The summed E-state index contributed by atoms with van der Waals surface area (Å²) in [7, 11) is 0. The van der Waals surface area contributed by atoms with E-state index >= 15 is 0 Å². The van der Waals surface area contributed by atoms with Crippen LogP contribution in [-0.2, 0) is 11.6 Å². The molecule has 2 aromatic rings. The Morgan fingerprint density at radius 2 is 1.76 bits per heavy atom. The predicted molar refractivity (Wildman–Crippen MR) is 137 cm³/mol. The van der Waals surface area contributed by atoms with Crippen LogP contribution >= 0.6 is 34.2 Å². The Balaban J connectivity index is 1.39. The monoisotopic (exact) mass is 607 g/mol. The zero-order valence-electron chi connectivity index (χ0n) is 19.1. The highest BCUT2D eigenvalue weighted by molar-refractivity contribution is 14.1. The van der Waals surface area contributed by atoms with Crippen LogP contribution in [0.15, 0.2) is 48.5 Å². The van der Waals surface area contributed by atoms with E-state index in [0.29, 0.717) is 30.0 Å². The maximum Gasteiger partial charge on any atom is 0.416 e. The molecule has 0 spiro atoms. The van der Waals surface area contributed by atoms with Crippen LogP contribution in [0.1, 0.15) is 50.2 Å². The molecule has 2 fully saturated rings. The molecule has 186 valence electrons. The number of hydrogen-bond acceptors (Lipinski definition) is 3. The Morgan fingerprint density at radius 3 is 2.32 bits per heavy atom. The van der Waals surface area contributed by atoms with Gasteiger partial charge in [-0.05, 0) is 74.6 Å². The summed E-state index contributed by atoms with van der Waals surface area (Å²) in [4.78, 5) is 2.34. The first-order valence-electron chi connectivity index (χ1n) is 11.7. The minimum Gasteiger partial charge on any atom is -0.492 e. The van der Waals surface area contributed by atoms with E-state index in [9.17, 15) is 18.3 Å². The number of rotatable bonds is 7. The summed E-state index contributed by atoms with van der Waals surface area (Å²) >= 11 is 8.50. The van der Waals surface area contributed by atoms with Gasteiger partial charge in [0.25, 0.3) is 0 Å². The fourth-order valence-electron chi connectivity index (χ4n) is 5.11. The molecule has 0 bridgehead atoms. The third-order valence-electron chi connectivity index (χ3n) is 7.51. The van der Waals surface area contributed by atoms with Gasteiger partial charge in [-0.3, -0.25) is 4.90 Å². The van der Waals surface area contributed by atoms with Crippen molar-refractivity contribution in [1.29, 1.82) is 0 Å².